The molecule has 17 heavy (non-hydrogen) atoms. The molecule has 0 atom stereocenters. The third-order valence-electron chi connectivity index (χ3n) is 1.88. The minimum Gasteiger partial charge on any atom is -0.502 e. The maximum absolute atomic E-state index is 11.4. The summed E-state index contributed by atoms with van der Waals surface area (Å²) in [5.74, 6) is -2.33. The molecule has 1 rings (SSSR count). The highest BCUT2D eigenvalue weighted by molar-refractivity contribution is 5.99. The van der Waals surface area contributed by atoms with Gasteiger partial charge in [-0.15, -0.1) is 0 Å². The van der Waals surface area contributed by atoms with Crippen LogP contribution in [0.5, 0.6) is 5.75 Å². The predicted octanol–water partition coefficient (Wildman–Crippen LogP) is -0.485. The molecule has 0 aliphatic carbocycles. The first-order valence-electron chi connectivity index (χ1n) is 4.46. The molecule has 0 aliphatic heterocycles. The molecule has 1 aromatic rings. The van der Waals surface area contributed by atoms with Crippen molar-refractivity contribution in [2.75, 3.05) is 6.54 Å². The lowest BCUT2D eigenvalue weighted by Crippen LogP contribution is -2.33. The van der Waals surface area contributed by atoms with Crippen molar-refractivity contribution in [3.8, 4) is 5.75 Å². The molecular weight excluding hydrogens is 230 g/mol. The van der Waals surface area contributed by atoms with Gasteiger partial charge in [-0.2, -0.15) is 0 Å². The molecule has 0 radical (unpaired) electrons. The van der Waals surface area contributed by atoms with E-state index < -0.39 is 34.7 Å². The van der Waals surface area contributed by atoms with Crippen molar-refractivity contribution >= 4 is 17.5 Å². The molecule has 0 saturated carbocycles. The van der Waals surface area contributed by atoms with Gasteiger partial charge in [-0.3, -0.25) is 19.7 Å². The number of amides is 2. The number of rotatable bonds is 4. The van der Waals surface area contributed by atoms with Gasteiger partial charge in [0.15, 0.2) is 0 Å². The number of hydrogen-bond donors (Lipinski definition) is 3. The van der Waals surface area contributed by atoms with Crippen LogP contribution in [0.15, 0.2) is 18.2 Å². The maximum atomic E-state index is 11.4. The van der Waals surface area contributed by atoms with E-state index in [4.69, 9.17) is 5.73 Å². The second kappa shape index (κ2) is 4.92. The van der Waals surface area contributed by atoms with Crippen molar-refractivity contribution in [2.24, 2.45) is 5.73 Å². The average Bonchev–Trinajstić information content (AvgIpc) is 2.25. The molecule has 0 aromatic heterocycles. The molecule has 0 fully saturated rings. The number of carbonyl (C=O) groups excluding carboxylic acids is 2. The van der Waals surface area contributed by atoms with Gasteiger partial charge in [0, 0.05) is 6.07 Å². The lowest BCUT2D eigenvalue weighted by molar-refractivity contribution is -0.385. The number of hydrogen-bond acceptors (Lipinski definition) is 5. The fourth-order valence-electron chi connectivity index (χ4n) is 1.12. The molecule has 0 saturated heterocycles. The van der Waals surface area contributed by atoms with Gasteiger partial charge in [0.2, 0.25) is 11.7 Å². The molecule has 0 heterocycles. The zero-order valence-electron chi connectivity index (χ0n) is 8.54. The standard InChI is InChI=1S/C9H9N3O5/c10-7(13)4-11-9(15)5-2-1-3-6(8(5)14)12(16)17/h1-3,14H,4H2,(H2,10,13)(H,11,15). The van der Waals surface area contributed by atoms with Gasteiger partial charge in [-0.05, 0) is 6.07 Å². The van der Waals surface area contributed by atoms with E-state index in [1.807, 2.05) is 0 Å². The van der Waals surface area contributed by atoms with Crippen LogP contribution >= 0.6 is 0 Å². The number of nitrogens with zero attached hydrogens (tertiary/aromatic N) is 1. The Morgan fingerprint density at radius 1 is 1.47 bits per heavy atom. The van der Waals surface area contributed by atoms with Gasteiger partial charge in [0.1, 0.15) is 0 Å². The minimum absolute atomic E-state index is 0.291. The third kappa shape index (κ3) is 2.91. The van der Waals surface area contributed by atoms with Gasteiger partial charge >= 0.3 is 5.69 Å². The Kier molecular flexibility index (Phi) is 3.60. The summed E-state index contributed by atoms with van der Waals surface area (Å²) in [4.78, 5) is 31.6. The van der Waals surface area contributed by atoms with Crippen LogP contribution in [0.1, 0.15) is 10.4 Å². The summed E-state index contributed by atoms with van der Waals surface area (Å²) in [6.07, 6.45) is 0. The highest BCUT2D eigenvalue weighted by Crippen LogP contribution is 2.28. The SMILES string of the molecule is NC(=O)CNC(=O)c1cccc([N+](=O)[O-])c1O. The number of carbonyl (C=O) groups is 2. The van der Waals surface area contributed by atoms with Gasteiger partial charge in [0.25, 0.3) is 5.91 Å². The molecule has 90 valence electrons. The molecule has 1 aromatic carbocycles. The summed E-state index contributed by atoms with van der Waals surface area (Å²) in [7, 11) is 0. The third-order valence-corrected chi connectivity index (χ3v) is 1.88. The molecule has 4 N–H and O–H groups in total. The number of phenols is 1. The Hall–Kier alpha value is -2.64. The van der Waals surface area contributed by atoms with Crippen LogP contribution in [-0.4, -0.2) is 28.4 Å². The highest BCUT2D eigenvalue weighted by atomic mass is 16.6. The number of benzene rings is 1. The lowest BCUT2D eigenvalue weighted by Gasteiger charge is -2.04. The Labute approximate surface area is 95.2 Å². The number of nitrogens with two attached hydrogens (primary N) is 1. The molecule has 8 heteroatoms. The number of primary amides is 1. The second-order valence-corrected chi connectivity index (χ2v) is 3.08. The summed E-state index contributed by atoms with van der Waals surface area (Å²) in [5, 5.41) is 22.1. The van der Waals surface area contributed by atoms with E-state index in [0.29, 0.717) is 0 Å². The van der Waals surface area contributed by atoms with Crippen molar-refractivity contribution in [3.05, 3.63) is 33.9 Å². The van der Waals surface area contributed by atoms with E-state index in [9.17, 15) is 24.8 Å². The molecular formula is C9H9N3O5. The summed E-state index contributed by atoms with van der Waals surface area (Å²) in [6.45, 7) is -0.416. The van der Waals surface area contributed by atoms with E-state index in [1.165, 1.54) is 12.1 Å². The van der Waals surface area contributed by atoms with Crippen LogP contribution in [0.4, 0.5) is 5.69 Å². The normalized spacial score (nSPS) is 9.65. The van der Waals surface area contributed by atoms with Crippen LogP contribution in [0.2, 0.25) is 0 Å². The molecule has 0 unspecified atom stereocenters. The fourth-order valence-corrected chi connectivity index (χ4v) is 1.12. The smallest absolute Gasteiger partial charge is 0.311 e. The van der Waals surface area contributed by atoms with Crippen LogP contribution in [-0.2, 0) is 4.79 Å². The number of nitro groups is 1. The summed E-state index contributed by atoms with van der Waals surface area (Å²) in [5.41, 5.74) is 3.93. The van der Waals surface area contributed by atoms with Gasteiger partial charge in [-0.25, -0.2) is 0 Å². The number of nitrogens with one attached hydrogen (secondary N) is 1. The second-order valence-electron chi connectivity index (χ2n) is 3.08. The quantitative estimate of drug-likeness (QED) is 0.481. The minimum atomic E-state index is -0.819. The zero-order chi connectivity index (χ0) is 13.0. The van der Waals surface area contributed by atoms with E-state index in [-0.39, 0.29) is 5.56 Å². The zero-order valence-corrected chi connectivity index (χ0v) is 8.54. The van der Waals surface area contributed by atoms with E-state index in [1.54, 1.807) is 0 Å². The lowest BCUT2D eigenvalue weighted by atomic mass is 10.1. The van der Waals surface area contributed by atoms with Crippen molar-refractivity contribution in [3.63, 3.8) is 0 Å². The van der Waals surface area contributed by atoms with Crippen LogP contribution in [0.3, 0.4) is 0 Å². The summed E-state index contributed by atoms with van der Waals surface area (Å²) >= 11 is 0. The Bertz CT molecular complexity index is 486. The Morgan fingerprint density at radius 3 is 2.65 bits per heavy atom. The van der Waals surface area contributed by atoms with Crippen molar-refractivity contribution in [1.82, 2.24) is 5.32 Å². The van der Waals surface area contributed by atoms with Crippen LogP contribution in [0, 0.1) is 10.1 Å². The van der Waals surface area contributed by atoms with E-state index in [0.717, 1.165) is 6.07 Å². The first-order valence-corrected chi connectivity index (χ1v) is 4.46. The van der Waals surface area contributed by atoms with Crippen LogP contribution < -0.4 is 11.1 Å². The van der Waals surface area contributed by atoms with E-state index in [2.05, 4.69) is 5.32 Å². The average molecular weight is 239 g/mol. The first kappa shape index (κ1) is 12.4. The Balaban J connectivity index is 2.98. The Morgan fingerprint density at radius 2 is 2.12 bits per heavy atom. The summed E-state index contributed by atoms with van der Waals surface area (Å²) < 4.78 is 0. The molecule has 0 aliphatic rings. The maximum Gasteiger partial charge on any atom is 0.311 e. The topological polar surface area (TPSA) is 136 Å². The number of nitro benzene ring substituents is 1. The number of aromatic hydroxyl groups is 1. The molecule has 8 nitrogen and oxygen atoms in total. The van der Waals surface area contributed by atoms with Crippen molar-refractivity contribution < 1.29 is 19.6 Å². The van der Waals surface area contributed by atoms with E-state index >= 15 is 0 Å². The summed E-state index contributed by atoms with van der Waals surface area (Å²) in [6, 6.07) is 3.50. The van der Waals surface area contributed by atoms with Gasteiger partial charge < -0.3 is 16.2 Å². The number of phenolic OH excluding ortho intramolecular Hbond substituents is 1. The molecule has 2 amide bonds. The monoisotopic (exact) mass is 239 g/mol. The predicted molar refractivity (Wildman–Crippen MR) is 56.3 cm³/mol. The molecule has 0 bridgehead atoms. The largest absolute Gasteiger partial charge is 0.502 e. The highest BCUT2D eigenvalue weighted by Gasteiger charge is 2.20. The molecule has 0 spiro atoms. The van der Waals surface area contributed by atoms with Gasteiger partial charge in [0.05, 0.1) is 17.0 Å². The fraction of sp³-hybridized carbons (Fsp3) is 0.111. The van der Waals surface area contributed by atoms with Gasteiger partial charge in [-0.1, -0.05) is 6.07 Å². The van der Waals surface area contributed by atoms with Crippen molar-refractivity contribution in [2.45, 2.75) is 0 Å². The first-order chi connectivity index (χ1) is 7.93. The number of para-hydroxylation sites is 1. The van der Waals surface area contributed by atoms with Crippen molar-refractivity contribution in [1.29, 1.82) is 0 Å². The van der Waals surface area contributed by atoms with Crippen LogP contribution in [0.25, 0.3) is 0 Å².